The van der Waals surface area contributed by atoms with Crippen molar-refractivity contribution in [3.8, 4) is 28.3 Å². The minimum atomic E-state index is -0.197. The first-order valence-electron chi connectivity index (χ1n) is 9.48. The van der Waals surface area contributed by atoms with Crippen molar-refractivity contribution < 1.29 is 4.74 Å². The monoisotopic (exact) mass is 448 g/mol. The van der Waals surface area contributed by atoms with Crippen LogP contribution in [-0.4, -0.2) is 11.1 Å². The van der Waals surface area contributed by atoms with Gasteiger partial charge in [-0.1, -0.05) is 53.9 Å². The molecular formula is C23H23Cl3N2O. The Morgan fingerprint density at radius 3 is 2.17 bits per heavy atom. The fraction of sp³-hybridized carbons (Fsp3) is 0.261. The van der Waals surface area contributed by atoms with Crippen LogP contribution in [-0.2, 0) is 0 Å². The predicted octanol–water partition coefficient (Wildman–Crippen LogP) is 7.57. The van der Waals surface area contributed by atoms with Gasteiger partial charge in [-0.25, -0.2) is 4.98 Å². The molecule has 1 unspecified atom stereocenters. The standard InChI is InChI=1S/C23H23Cl3N2O/c1-4-21(27)19-12-18(14-5-7-15(24)8-6-14)22(28-23(19)29-13(2)3)17-10-9-16(25)11-20(17)26/h5-13,21H,4,27H2,1-3H3. The number of pyridine rings is 1. The van der Waals surface area contributed by atoms with Crippen molar-refractivity contribution in [3.05, 3.63) is 69.2 Å². The molecule has 0 radical (unpaired) electrons. The van der Waals surface area contributed by atoms with Crippen LogP contribution in [0.2, 0.25) is 15.1 Å². The van der Waals surface area contributed by atoms with E-state index in [4.69, 9.17) is 50.3 Å². The van der Waals surface area contributed by atoms with Gasteiger partial charge in [-0.2, -0.15) is 0 Å². The van der Waals surface area contributed by atoms with Gasteiger partial charge in [-0.05, 0) is 62.2 Å². The highest BCUT2D eigenvalue weighted by molar-refractivity contribution is 6.36. The molecule has 0 aliphatic heterocycles. The van der Waals surface area contributed by atoms with Gasteiger partial charge in [0.15, 0.2) is 0 Å². The number of nitrogens with two attached hydrogens (primary N) is 1. The van der Waals surface area contributed by atoms with Crippen LogP contribution in [0.1, 0.15) is 38.8 Å². The van der Waals surface area contributed by atoms with Gasteiger partial charge in [-0.3, -0.25) is 0 Å². The summed E-state index contributed by atoms with van der Waals surface area (Å²) in [5.74, 6) is 0.521. The summed E-state index contributed by atoms with van der Waals surface area (Å²) >= 11 is 18.7. The molecule has 0 saturated carbocycles. The van der Waals surface area contributed by atoms with Crippen molar-refractivity contribution >= 4 is 34.8 Å². The van der Waals surface area contributed by atoms with Crippen LogP contribution >= 0.6 is 34.8 Å². The van der Waals surface area contributed by atoms with Gasteiger partial charge in [-0.15, -0.1) is 0 Å². The average molecular weight is 450 g/mol. The Hall–Kier alpha value is -1.78. The molecule has 0 aliphatic rings. The van der Waals surface area contributed by atoms with Crippen LogP contribution in [0.15, 0.2) is 48.5 Å². The summed E-state index contributed by atoms with van der Waals surface area (Å²) in [5, 5.41) is 1.75. The number of hydrogen-bond acceptors (Lipinski definition) is 3. The van der Waals surface area contributed by atoms with Crippen molar-refractivity contribution in [2.45, 2.75) is 39.3 Å². The van der Waals surface area contributed by atoms with E-state index in [2.05, 4.69) is 0 Å². The topological polar surface area (TPSA) is 48.1 Å². The number of nitrogens with zero attached hydrogens (tertiary/aromatic N) is 1. The molecule has 2 N–H and O–H groups in total. The largest absolute Gasteiger partial charge is 0.475 e. The summed E-state index contributed by atoms with van der Waals surface area (Å²) in [6, 6.07) is 14.8. The van der Waals surface area contributed by atoms with Gasteiger partial charge in [0.1, 0.15) is 0 Å². The maximum Gasteiger partial charge on any atom is 0.219 e. The van der Waals surface area contributed by atoms with Crippen molar-refractivity contribution in [2.24, 2.45) is 5.73 Å². The van der Waals surface area contributed by atoms with Crippen LogP contribution in [0.25, 0.3) is 22.4 Å². The molecule has 0 saturated heterocycles. The first kappa shape index (κ1) is 21.9. The Morgan fingerprint density at radius 1 is 0.931 bits per heavy atom. The van der Waals surface area contributed by atoms with Gasteiger partial charge >= 0.3 is 0 Å². The predicted molar refractivity (Wildman–Crippen MR) is 123 cm³/mol. The molecule has 3 nitrogen and oxygen atoms in total. The van der Waals surface area contributed by atoms with E-state index in [9.17, 15) is 0 Å². The molecular weight excluding hydrogens is 427 g/mol. The third kappa shape index (κ3) is 5.04. The number of aromatic nitrogens is 1. The molecule has 0 amide bonds. The van der Waals surface area contributed by atoms with Gasteiger partial charge < -0.3 is 10.5 Å². The highest BCUT2D eigenvalue weighted by atomic mass is 35.5. The van der Waals surface area contributed by atoms with E-state index in [1.165, 1.54) is 0 Å². The summed E-state index contributed by atoms with van der Waals surface area (Å²) in [4.78, 5) is 4.88. The molecule has 6 heteroatoms. The highest BCUT2D eigenvalue weighted by Crippen LogP contribution is 2.40. The average Bonchev–Trinajstić information content (AvgIpc) is 2.67. The first-order valence-corrected chi connectivity index (χ1v) is 10.6. The molecule has 1 atom stereocenters. The second-order valence-corrected chi connectivity index (χ2v) is 8.37. The van der Waals surface area contributed by atoms with Gasteiger partial charge in [0.2, 0.25) is 5.88 Å². The molecule has 0 fully saturated rings. The molecule has 1 aromatic heterocycles. The Bertz CT molecular complexity index is 1000. The second kappa shape index (κ2) is 9.36. The summed E-state index contributed by atoms with van der Waals surface area (Å²) in [5.41, 5.74) is 10.6. The molecule has 0 aliphatic carbocycles. The summed E-state index contributed by atoms with van der Waals surface area (Å²) in [6.45, 7) is 5.96. The summed E-state index contributed by atoms with van der Waals surface area (Å²) in [6.07, 6.45) is 0.720. The zero-order valence-corrected chi connectivity index (χ0v) is 18.8. The fourth-order valence-corrected chi connectivity index (χ4v) is 3.68. The highest BCUT2D eigenvalue weighted by Gasteiger charge is 2.21. The molecule has 152 valence electrons. The maximum absolute atomic E-state index is 6.53. The Morgan fingerprint density at radius 2 is 1.59 bits per heavy atom. The Balaban J connectivity index is 2.31. The van der Waals surface area contributed by atoms with Gasteiger partial charge in [0.05, 0.1) is 16.8 Å². The second-order valence-electron chi connectivity index (χ2n) is 7.09. The van der Waals surface area contributed by atoms with E-state index in [-0.39, 0.29) is 12.1 Å². The van der Waals surface area contributed by atoms with Crippen LogP contribution in [0, 0.1) is 0 Å². The lowest BCUT2D eigenvalue weighted by Crippen LogP contribution is -2.16. The molecule has 2 aromatic carbocycles. The SMILES string of the molecule is CCC(N)c1cc(-c2ccc(Cl)cc2)c(-c2ccc(Cl)cc2Cl)nc1OC(C)C. The number of rotatable bonds is 6. The van der Waals surface area contributed by atoms with E-state index >= 15 is 0 Å². The fourth-order valence-electron chi connectivity index (χ4n) is 3.05. The summed E-state index contributed by atoms with van der Waals surface area (Å²) < 4.78 is 6.02. The number of halogens is 3. The molecule has 3 aromatic rings. The van der Waals surface area contributed by atoms with Crippen molar-refractivity contribution in [1.82, 2.24) is 4.98 Å². The zero-order chi connectivity index (χ0) is 21.1. The number of benzene rings is 2. The number of ether oxygens (including phenoxy) is 1. The van der Waals surface area contributed by atoms with E-state index in [1.54, 1.807) is 12.1 Å². The van der Waals surface area contributed by atoms with E-state index in [0.717, 1.165) is 28.7 Å². The minimum Gasteiger partial charge on any atom is -0.475 e. The quantitative estimate of drug-likeness (QED) is 0.422. The van der Waals surface area contributed by atoms with Crippen molar-refractivity contribution in [2.75, 3.05) is 0 Å². The van der Waals surface area contributed by atoms with Crippen LogP contribution in [0.4, 0.5) is 0 Å². The Kier molecular flexibility index (Phi) is 7.07. The van der Waals surface area contributed by atoms with Crippen LogP contribution in [0.3, 0.4) is 0 Å². The molecule has 0 bridgehead atoms. The maximum atomic E-state index is 6.53. The van der Waals surface area contributed by atoms with Crippen LogP contribution < -0.4 is 10.5 Å². The first-order chi connectivity index (χ1) is 13.8. The minimum absolute atomic E-state index is 0.0415. The Labute approximate surface area is 186 Å². The van der Waals surface area contributed by atoms with E-state index in [0.29, 0.717) is 26.6 Å². The van der Waals surface area contributed by atoms with Gasteiger partial charge in [0, 0.05) is 32.8 Å². The lowest BCUT2D eigenvalue weighted by atomic mass is 9.95. The summed E-state index contributed by atoms with van der Waals surface area (Å²) in [7, 11) is 0. The molecule has 3 rings (SSSR count). The van der Waals surface area contributed by atoms with E-state index < -0.39 is 0 Å². The zero-order valence-electron chi connectivity index (χ0n) is 16.5. The molecule has 1 heterocycles. The third-order valence-electron chi connectivity index (χ3n) is 4.54. The molecule has 0 spiro atoms. The normalized spacial score (nSPS) is 12.3. The lowest BCUT2D eigenvalue weighted by molar-refractivity contribution is 0.229. The third-order valence-corrected chi connectivity index (χ3v) is 5.34. The molecule has 29 heavy (non-hydrogen) atoms. The number of hydrogen-bond donors (Lipinski definition) is 1. The smallest absolute Gasteiger partial charge is 0.219 e. The lowest BCUT2D eigenvalue weighted by Gasteiger charge is -2.21. The van der Waals surface area contributed by atoms with Crippen molar-refractivity contribution in [1.29, 1.82) is 0 Å². The van der Waals surface area contributed by atoms with Crippen LogP contribution in [0.5, 0.6) is 5.88 Å². The van der Waals surface area contributed by atoms with Crippen molar-refractivity contribution in [3.63, 3.8) is 0 Å². The van der Waals surface area contributed by atoms with Gasteiger partial charge in [0.25, 0.3) is 0 Å². The van der Waals surface area contributed by atoms with E-state index in [1.807, 2.05) is 57.2 Å².